The third-order valence-corrected chi connectivity index (χ3v) is 2.35. The SMILES string of the molecule is C=CCC(C)(O)c1cccc(C(F)(F)F)c1. The van der Waals surface area contributed by atoms with Gasteiger partial charge < -0.3 is 5.11 Å². The maximum Gasteiger partial charge on any atom is 0.416 e. The molecule has 1 unspecified atom stereocenters. The topological polar surface area (TPSA) is 20.2 Å². The molecule has 0 spiro atoms. The van der Waals surface area contributed by atoms with Gasteiger partial charge in [0.15, 0.2) is 0 Å². The van der Waals surface area contributed by atoms with Crippen molar-refractivity contribution in [3.63, 3.8) is 0 Å². The van der Waals surface area contributed by atoms with Gasteiger partial charge in [-0.25, -0.2) is 0 Å². The number of halogens is 3. The molecule has 0 aliphatic rings. The van der Waals surface area contributed by atoms with Gasteiger partial charge in [-0.3, -0.25) is 0 Å². The summed E-state index contributed by atoms with van der Waals surface area (Å²) in [7, 11) is 0. The molecular formula is C12H13F3O. The Morgan fingerprint density at radius 2 is 1.88 bits per heavy atom. The Hall–Kier alpha value is -1.29. The minimum absolute atomic E-state index is 0.203. The standard InChI is InChI=1S/C12H13F3O/c1-3-7-11(2,16)9-5-4-6-10(8-9)12(13,14)15/h3-6,8,16H,1,7H2,2H3. The molecule has 1 N–H and O–H groups in total. The number of hydrogen-bond donors (Lipinski definition) is 1. The summed E-state index contributed by atoms with van der Waals surface area (Å²) in [6.45, 7) is 4.92. The van der Waals surface area contributed by atoms with E-state index in [1.807, 2.05) is 0 Å². The normalized spacial score (nSPS) is 15.6. The van der Waals surface area contributed by atoms with E-state index < -0.39 is 17.3 Å². The van der Waals surface area contributed by atoms with E-state index in [1.165, 1.54) is 25.1 Å². The van der Waals surface area contributed by atoms with Crippen LogP contribution < -0.4 is 0 Å². The fourth-order valence-corrected chi connectivity index (χ4v) is 1.43. The van der Waals surface area contributed by atoms with Crippen molar-refractivity contribution in [3.8, 4) is 0 Å². The smallest absolute Gasteiger partial charge is 0.385 e. The average Bonchev–Trinajstić information content (AvgIpc) is 2.16. The first-order valence-electron chi connectivity index (χ1n) is 4.78. The quantitative estimate of drug-likeness (QED) is 0.788. The monoisotopic (exact) mass is 230 g/mol. The van der Waals surface area contributed by atoms with Crippen LogP contribution in [0.15, 0.2) is 36.9 Å². The lowest BCUT2D eigenvalue weighted by Crippen LogP contribution is -2.20. The maximum absolute atomic E-state index is 12.4. The lowest BCUT2D eigenvalue weighted by Gasteiger charge is -2.23. The van der Waals surface area contributed by atoms with E-state index in [2.05, 4.69) is 6.58 Å². The summed E-state index contributed by atoms with van der Waals surface area (Å²) in [6, 6.07) is 4.70. The van der Waals surface area contributed by atoms with Crippen molar-refractivity contribution in [1.29, 1.82) is 0 Å². The molecular weight excluding hydrogens is 217 g/mol. The fourth-order valence-electron chi connectivity index (χ4n) is 1.43. The van der Waals surface area contributed by atoms with Gasteiger partial charge in [0.05, 0.1) is 11.2 Å². The number of benzene rings is 1. The summed E-state index contributed by atoms with van der Waals surface area (Å²) in [5.74, 6) is 0. The molecule has 1 rings (SSSR count). The fraction of sp³-hybridized carbons (Fsp3) is 0.333. The Balaban J connectivity index is 3.12. The Labute approximate surface area is 92.2 Å². The minimum Gasteiger partial charge on any atom is -0.385 e. The molecule has 1 nitrogen and oxygen atoms in total. The number of alkyl halides is 3. The van der Waals surface area contributed by atoms with Crippen LogP contribution in [0.5, 0.6) is 0 Å². The van der Waals surface area contributed by atoms with Crippen LogP contribution in [0.1, 0.15) is 24.5 Å². The Morgan fingerprint density at radius 1 is 1.31 bits per heavy atom. The minimum atomic E-state index is -4.39. The van der Waals surface area contributed by atoms with Gasteiger partial charge in [-0.1, -0.05) is 18.2 Å². The highest BCUT2D eigenvalue weighted by Crippen LogP contribution is 2.33. The van der Waals surface area contributed by atoms with Crippen LogP contribution in [0.25, 0.3) is 0 Å². The zero-order chi connectivity index (χ0) is 12.4. The molecule has 1 aromatic rings. The van der Waals surface area contributed by atoms with E-state index in [4.69, 9.17) is 0 Å². The van der Waals surface area contributed by atoms with Crippen molar-refractivity contribution in [2.24, 2.45) is 0 Å². The van der Waals surface area contributed by atoms with Gasteiger partial charge >= 0.3 is 6.18 Å². The first-order valence-corrected chi connectivity index (χ1v) is 4.78. The van der Waals surface area contributed by atoms with E-state index in [-0.39, 0.29) is 12.0 Å². The van der Waals surface area contributed by atoms with Crippen molar-refractivity contribution < 1.29 is 18.3 Å². The molecule has 0 heterocycles. The molecule has 1 aromatic carbocycles. The predicted molar refractivity (Wildman–Crippen MR) is 55.8 cm³/mol. The Morgan fingerprint density at radius 3 is 2.38 bits per heavy atom. The average molecular weight is 230 g/mol. The first-order chi connectivity index (χ1) is 7.27. The van der Waals surface area contributed by atoms with Crippen molar-refractivity contribution in [2.45, 2.75) is 25.1 Å². The molecule has 0 radical (unpaired) electrons. The largest absolute Gasteiger partial charge is 0.416 e. The molecule has 0 saturated carbocycles. The summed E-state index contributed by atoms with van der Waals surface area (Å²) in [5.41, 5.74) is -1.83. The van der Waals surface area contributed by atoms with Crippen LogP contribution in [0.4, 0.5) is 13.2 Å². The molecule has 0 aromatic heterocycles. The second kappa shape index (κ2) is 4.29. The molecule has 0 bridgehead atoms. The Bertz CT molecular complexity index is 380. The van der Waals surface area contributed by atoms with Crippen molar-refractivity contribution in [2.75, 3.05) is 0 Å². The van der Waals surface area contributed by atoms with Gasteiger partial charge in [-0.2, -0.15) is 13.2 Å². The molecule has 88 valence electrons. The summed E-state index contributed by atoms with van der Waals surface area (Å²) < 4.78 is 37.3. The molecule has 0 aliphatic carbocycles. The van der Waals surface area contributed by atoms with Crippen molar-refractivity contribution in [1.82, 2.24) is 0 Å². The van der Waals surface area contributed by atoms with Crippen LogP contribution >= 0.6 is 0 Å². The molecule has 0 amide bonds. The second-order valence-corrected chi connectivity index (χ2v) is 3.85. The van der Waals surface area contributed by atoms with E-state index >= 15 is 0 Å². The molecule has 0 saturated heterocycles. The molecule has 0 aliphatic heterocycles. The molecule has 16 heavy (non-hydrogen) atoms. The zero-order valence-corrected chi connectivity index (χ0v) is 8.88. The summed E-state index contributed by atoms with van der Waals surface area (Å²) >= 11 is 0. The van der Waals surface area contributed by atoms with Crippen LogP contribution in [0.3, 0.4) is 0 Å². The van der Waals surface area contributed by atoms with E-state index in [0.717, 1.165) is 12.1 Å². The lowest BCUT2D eigenvalue weighted by atomic mass is 9.91. The third kappa shape index (κ3) is 2.85. The zero-order valence-electron chi connectivity index (χ0n) is 8.88. The van der Waals surface area contributed by atoms with Crippen LogP contribution in [-0.4, -0.2) is 5.11 Å². The summed E-state index contributed by atoms with van der Waals surface area (Å²) in [6.07, 6.45) is -2.71. The van der Waals surface area contributed by atoms with Gasteiger partial charge in [-0.05, 0) is 31.0 Å². The van der Waals surface area contributed by atoms with Crippen LogP contribution in [0.2, 0.25) is 0 Å². The summed E-state index contributed by atoms with van der Waals surface area (Å²) in [4.78, 5) is 0. The first kappa shape index (κ1) is 12.8. The lowest BCUT2D eigenvalue weighted by molar-refractivity contribution is -0.137. The molecule has 0 fully saturated rings. The summed E-state index contributed by atoms with van der Waals surface area (Å²) in [5, 5.41) is 9.94. The predicted octanol–water partition coefficient (Wildman–Crippen LogP) is 3.49. The van der Waals surface area contributed by atoms with Crippen LogP contribution in [0, 0.1) is 0 Å². The molecule has 4 heteroatoms. The highest BCUT2D eigenvalue weighted by atomic mass is 19.4. The highest BCUT2D eigenvalue weighted by molar-refractivity contribution is 5.29. The second-order valence-electron chi connectivity index (χ2n) is 3.85. The van der Waals surface area contributed by atoms with Gasteiger partial charge in [0, 0.05) is 0 Å². The van der Waals surface area contributed by atoms with Crippen molar-refractivity contribution >= 4 is 0 Å². The Kier molecular flexibility index (Phi) is 3.43. The van der Waals surface area contributed by atoms with Gasteiger partial charge in [0.25, 0.3) is 0 Å². The van der Waals surface area contributed by atoms with Crippen LogP contribution in [-0.2, 0) is 11.8 Å². The van der Waals surface area contributed by atoms with E-state index in [1.54, 1.807) is 0 Å². The highest BCUT2D eigenvalue weighted by Gasteiger charge is 2.32. The van der Waals surface area contributed by atoms with E-state index in [9.17, 15) is 18.3 Å². The van der Waals surface area contributed by atoms with Crippen molar-refractivity contribution in [3.05, 3.63) is 48.0 Å². The molecule has 1 atom stereocenters. The van der Waals surface area contributed by atoms with E-state index in [0.29, 0.717) is 0 Å². The third-order valence-electron chi connectivity index (χ3n) is 2.35. The van der Waals surface area contributed by atoms with Gasteiger partial charge in [0.1, 0.15) is 0 Å². The number of aliphatic hydroxyl groups is 1. The number of hydrogen-bond acceptors (Lipinski definition) is 1. The van der Waals surface area contributed by atoms with Gasteiger partial charge in [0.2, 0.25) is 0 Å². The maximum atomic E-state index is 12.4. The van der Waals surface area contributed by atoms with Gasteiger partial charge in [-0.15, -0.1) is 6.58 Å². The number of rotatable bonds is 3.